The van der Waals surface area contributed by atoms with Crippen LogP contribution in [0.5, 0.6) is 0 Å². The molecule has 27 heteroatoms. The number of hydroxylamine groups is 2. The van der Waals surface area contributed by atoms with Crippen molar-refractivity contribution in [1.29, 1.82) is 0 Å². The Balaban J connectivity index is 1.46. The van der Waals surface area contributed by atoms with Gasteiger partial charge in [-0.25, -0.2) is 23.4 Å². The topological polar surface area (TPSA) is 306 Å². The van der Waals surface area contributed by atoms with Crippen LogP contribution in [0.15, 0.2) is 53.6 Å². The fourth-order valence-corrected chi connectivity index (χ4v) is 9.45. The molecule has 0 bridgehead atoms. The number of rotatable bonds is 36. The number of nitrogens with zero attached hydrogens (tertiary/aromatic N) is 3. The van der Waals surface area contributed by atoms with Crippen molar-refractivity contribution in [2.24, 2.45) is 5.10 Å². The standard InChI is InChI=1S/C57H87F2N11O13S/c1-13-45(73)61-28-24-43(71)55(9,14-2)65-33-44(72)56(10,15-3)66-42(49(77)67-54(7,8)37-83-53(4,5)6)34-82-51(78)64-29-25-46(74)62-30-31-63-48(76)36-81-35-47(75)60-27-19-26-57(38-20-17-16-18-21-38)70(52(79)69(11)80-12)68-50(84-57)40-32-39(58)22-23-41(40)59/h16-18,20-23,32,42,65-66H,13-15,19,24-31,33-37H2,1-12H3,(H,60,75)(H,61,73)(H,62,74)(H,63,76)(H,64,78)(H,67,77)/t42?,55?,56?,57-/m0/s1. The van der Waals surface area contributed by atoms with Gasteiger partial charge in [0, 0.05) is 64.6 Å². The van der Waals surface area contributed by atoms with E-state index in [1.807, 2.05) is 20.8 Å². The lowest BCUT2D eigenvalue weighted by Gasteiger charge is -2.37. The van der Waals surface area contributed by atoms with Crippen molar-refractivity contribution in [3.8, 4) is 0 Å². The van der Waals surface area contributed by atoms with Crippen LogP contribution in [0.25, 0.3) is 0 Å². The zero-order chi connectivity index (χ0) is 62.9. The number of hydrazone groups is 1. The molecule has 0 saturated carbocycles. The third kappa shape index (κ3) is 23.1. The van der Waals surface area contributed by atoms with Gasteiger partial charge < -0.3 is 46.1 Å². The van der Waals surface area contributed by atoms with Crippen LogP contribution in [0.1, 0.15) is 125 Å². The maximum atomic E-state index is 15.0. The molecular weight excluding hydrogens is 1120 g/mol. The third-order valence-electron chi connectivity index (χ3n) is 13.6. The second-order valence-corrected chi connectivity index (χ2v) is 23.2. The molecule has 8 amide bonds. The van der Waals surface area contributed by atoms with Gasteiger partial charge in [0.05, 0.1) is 42.5 Å². The molecule has 4 atom stereocenters. The highest BCUT2D eigenvalue weighted by molar-refractivity contribution is 8.15. The number of ketones is 2. The van der Waals surface area contributed by atoms with E-state index < -0.39 is 100 Å². The number of urea groups is 1. The molecule has 8 N–H and O–H groups in total. The van der Waals surface area contributed by atoms with E-state index >= 15 is 4.39 Å². The van der Waals surface area contributed by atoms with Gasteiger partial charge in [-0.1, -0.05) is 62.9 Å². The van der Waals surface area contributed by atoms with Gasteiger partial charge in [0.15, 0.2) is 11.6 Å². The number of hydrogen-bond donors (Lipinski definition) is 8. The summed E-state index contributed by atoms with van der Waals surface area (Å²) in [6, 6.07) is 9.88. The SMILES string of the molecule is CCC(=O)NCCC(=O)C(C)(CC)NCC(=O)C(C)(CC)NC(COC(=O)NCCC(=O)NCCNC(=O)COCC(=O)NCCC[C@@]1(c2ccccc2)SC(c2cc(F)ccc2F)=NN1C(=O)N(C)OC)C(=O)NC(C)(C)COC(C)(C)C. The Labute approximate surface area is 495 Å². The molecule has 0 spiro atoms. The van der Waals surface area contributed by atoms with Crippen molar-refractivity contribution in [2.45, 2.75) is 147 Å². The van der Waals surface area contributed by atoms with Gasteiger partial charge in [0.25, 0.3) is 0 Å². The van der Waals surface area contributed by atoms with Crippen molar-refractivity contribution in [2.75, 3.05) is 79.9 Å². The van der Waals surface area contributed by atoms with Crippen LogP contribution < -0.4 is 42.5 Å². The van der Waals surface area contributed by atoms with Crippen LogP contribution in [-0.4, -0.2) is 176 Å². The molecule has 468 valence electrons. The predicted octanol–water partition coefficient (Wildman–Crippen LogP) is 4.05. The number of Topliss-reactive ketones (excluding diaryl/α,β-unsaturated/α-hetero) is 2. The second-order valence-electron chi connectivity index (χ2n) is 22.0. The molecule has 84 heavy (non-hydrogen) atoms. The molecule has 0 saturated heterocycles. The normalized spacial score (nSPS) is 16.0. The molecular formula is C57H87F2N11O13S. The highest BCUT2D eigenvalue weighted by Crippen LogP contribution is 2.51. The molecule has 0 radical (unpaired) electrons. The first-order chi connectivity index (χ1) is 39.5. The predicted molar refractivity (Wildman–Crippen MR) is 312 cm³/mol. The molecule has 0 aliphatic carbocycles. The van der Waals surface area contributed by atoms with E-state index in [1.165, 1.54) is 14.2 Å². The van der Waals surface area contributed by atoms with E-state index in [4.69, 9.17) is 19.0 Å². The first-order valence-electron chi connectivity index (χ1n) is 28.0. The summed E-state index contributed by atoms with van der Waals surface area (Å²) in [5, 5.41) is 28.8. The van der Waals surface area contributed by atoms with Gasteiger partial charge in [-0.05, 0) is 97.9 Å². The van der Waals surface area contributed by atoms with Crippen LogP contribution >= 0.6 is 11.8 Å². The summed E-state index contributed by atoms with van der Waals surface area (Å²) in [5.74, 6) is -4.33. The summed E-state index contributed by atoms with van der Waals surface area (Å²) in [6.45, 7) is 16.3. The van der Waals surface area contributed by atoms with Crippen LogP contribution in [0, 0.1) is 11.6 Å². The van der Waals surface area contributed by atoms with Crippen molar-refractivity contribution in [3.05, 3.63) is 71.3 Å². The number of nitrogens with one attached hydrogen (secondary N) is 8. The Kier molecular flexibility index (Phi) is 28.8. The van der Waals surface area contributed by atoms with Crippen LogP contribution in [0.4, 0.5) is 18.4 Å². The lowest BCUT2D eigenvalue weighted by Crippen LogP contribution is -2.64. The minimum absolute atomic E-state index is 0.00857. The minimum Gasteiger partial charge on any atom is -0.447 e. The van der Waals surface area contributed by atoms with E-state index in [1.54, 1.807) is 78.8 Å². The maximum absolute atomic E-state index is 15.0. The minimum atomic E-state index is -1.35. The van der Waals surface area contributed by atoms with Crippen LogP contribution in [-0.2, 0) is 57.5 Å². The molecule has 1 aliphatic rings. The zero-order valence-corrected chi connectivity index (χ0v) is 51.3. The number of benzene rings is 2. The van der Waals surface area contributed by atoms with Gasteiger partial charge in [0.1, 0.15) is 47.4 Å². The Bertz CT molecular complexity index is 2610. The third-order valence-corrected chi connectivity index (χ3v) is 15.0. The van der Waals surface area contributed by atoms with Crippen molar-refractivity contribution >= 4 is 70.0 Å². The molecule has 0 aromatic heterocycles. The smallest absolute Gasteiger partial charge is 0.407 e. The first-order valence-corrected chi connectivity index (χ1v) is 28.8. The Hall–Kier alpha value is -6.65. The largest absolute Gasteiger partial charge is 0.447 e. The fourth-order valence-electron chi connectivity index (χ4n) is 8.04. The second kappa shape index (κ2) is 33.7. The van der Waals surface area contributed by atoms with Crippen LogP contribution in [0.2, 0.25) is 0 Å². The molecule has 1 aliphatic heterocycles. The fraction of sp³-hybridized carbons (Fsp3) is 0.614. The zero-order valence-electron chi connectivity index (χ0n) is 50.5. The number of carbonyl (C=O) groups excluding carboxylic acids is 9. The molecule has 3 unspecified atom stereocenters. The Morgan fingerprint density at radius 3 is 1.95 bits per heavy atom. The van der Waals surface area contributed by atoms with Gasteiger partial charge in [-0.2, -0.15) is 10.1 Å². The average Bonchev–Trinajstić information content (AvgIpc) is 1.76. The van der Waals surface area contributed by atoms with Gasteiger partial charge in [-0.15, -0.1) is 0 Å². The number of ether oxygens (including phenoxy) is 3. The maximum Gasteiger partial charge on any atom is 0.407 e. The van der Waals surface area contributed by atoms with E-state index in [0.717, 1.165) is 40.0 Å². The van der Waals surface area contributed by atoms with E-state index in [-0.39, 0.29) is 112 Å². The van der Waals surface area contributed by atoms with Crippen molar-refractivity contribution in [1.82, 2.24) is 52.6 Å². The highest BCUT2D eigenvalue weighted by atomic mass is 32.2. The summed E-state index contributed by atoms with van der Waals surface area (Å²) in [4.78, 5) is 121. The summed E-state index contributed by atoms with van der Waals surface area (Å²) < 4.78 is 46.0. The summed E-state index contributed by atoms with van der Waals surface area (Å²) in [5.41, 5.74) is -3.34. The number of carbonyl (C=O) groups is 9. The summed E-state index contributed by atoms with van der Waals surface area (Å²) >= 11 is 1.06. The number of halogens is 2. The number of thioether (sulfide) groups is 1. The van der Waals surface area contributed by atoms with E-state index in [0.29, 0.717) is 12.0 Å². The van der Waals surface area contributed by atoms with Gasteiger partial charge in [0.2, 0.25) is 29.5 Å². The molecule has 3 rings (SSSR count). The van der Waals surface area contributed by atoms with Crippen molar-refractivity contribution in [3.63, 3.8) is 0 Å². The van der Waals surface area contributed by atoms with Crippen molar-refractivity contribution < 1.29 is 71.0 Å². The molecule has 0 fully saturated rings. The quantitative estimate of drug-likeness (QED) is 0.0353. The number of alkyl carbamates (subject to hydrolysis) is 1. The monoisotopic (exact) mass is 1200 g/mol. The highest BCUT2D eigenvalue weighted by Gasteiger charge is 2.50. The molecule has 1 heterocycles. The Morgan fingerprint density at radius 1 is 0.738 bits per heavy atom. The molecule has 2 aromatic carbocycles. The lowest BCUT2D eigenvalue weighted by molar-refractivity contribution is -0.132. The lowest BCUT2D eigenvalue weighted by atomic mass is 9.88. The van der Waals surface area contributed by atoms with Crippen LogP contribution in [0.3, 0.4) is 0 Å². The summed E-state index contributed by atoms with van der Waals surface area (Å²) in [6.07, 6.45) is 0.254. The van der Waals surface area contributed by atoms with Gasteiger partial charge >= 0.3 is 12.1 Å². The summed E-state index contributed by atoms with van der Waals surface area (Å²) in [7, 11) is 2.68. The molecule has 24 nitrogen and oxygen atoms in total. The number of amides is 8. The van der Waals surface area contributed by atoms with E-state index in [9.17, 15) is 47.5 Å². The average molecular weight is 1200 g/mol. The van der Waals surface area contributed by atoms with E-state index in [2.05, 4.69) is 47.6 Å². The number of hydrogen-bond acceptors (Lipinski definition) is 17. The Morgan fingerprint density at radius 2 is 1.35 bits per heavy atom. The molecule has 2 aromatic rings. The first kappa shape index (κ1) is 71.6. The van der Waals surface area contributed by atoms with Gasteiger partial charge in [-0.3, -0.25) is 49.0 Å².